The zero-order valence-electron chi connectivity index (χ0n) is 6.55. The van der Waals surface area contributed by atoms with Crippen molar-refractivity contribution >= 4 is 0 Å². The van der Waals surface area contributed by atoms with Crippen LogP contribution in [0.3, 0.4) is 0 Å². The molecule has 1 heterocycles. The minimum Gasteiger partial charge on any atom is -0.375 e. The van der Waals surface area contributed by atoms with Crippen LogP contribution in [0.2, 0.25) is 0 Å². The Bertz CT molecular complexity index is 90.6. The molecule has 54 valence electrons. The first-order chi connectivity index (χ1) is 4.20. The molecule has 0 radical (unpaired) electrons. The molecule has 1 aliphatic heterocycles. The van der Waals surface area contributed by atoms with Gasteiger partial charge in [-0.25, -0.2) is 0 Å². The SMILES string of the molecule is C[C@@H]1CC[C@@H](C)[C@H](C)O1. The average Bonchev–Trinajstić information content (AvgIpc) is 1.80. The van der Waals surface area contributed by atoms with Gasteiger partial charge in [0, 0.05) is 0 Å². The predicted octanol–water partition coefficient (Wildman–Crippen LogP) is 2.21. The van der Waals surface area contributed by atoms with Crippen LogP contribution in [0.15, 0.2) is 0 Å². The van der Waals surface area contributed by atoms with Crippen LogP contribution in [0.4, 0.5) is 0 Å². The molecular weight excluding hydrogens is 112 g/mol. The Labute approximate surface area is 57.4 Å². The van der Waals surface area contributed by atoms with E-state index in [1.807, 2.05) is 0 Å². The average molecular weight is 128 g/mol. The molecule has 0 unspecified atom stereocenters. The summed E-state index contributed by atoms with van der Waals surface area (Å²) in [6.45, 7) is 6.58. The zero-order chi connectivity index (χ0) is 6.85. The molecule has 0 aromatic rings. The summed E-state index contributed by atoms with van der Waals surface area (Å²) in [4.78, 5) is 0. The predicted molar refractivity (Wildman–Crippen MR) is 38.4 cm³/mol. The first-order valence-corrected chi connectivity index (χ1v) is 3.85. The van der Waals surface area contributed by atoms with E-state index < -0.39 is 0 Å². The summed E-state index contributed by atoms with van der Waals surface area (Å²) in [5.74, 6) is 0.765. The van der Waals surface area contributed by atoms with E-state index in [1.54, 1.807) is 0 Å². The summed E-state index contributed by atoms with van der Waals surface area (Å²) in [6.07, 6.45) is 3.55. The molecule has 0 amide bonds. The Morgan fingerprint density at radius 3 is 2.22 bits per heavy atom. The molecule has 0 bridgehead atoms. The van der Waals surface area contributed by atoms with Gasteiger partial charge in [-0.1, -0.05) is 6.92 Å². The van der Waals surface area contributed by atoms with Crippen molar-refractivity contribution in [3.05, 3.63) is 0 Å². The molecule has 1 heteroatoms. The monoisotopic (exact) mass is 128 g/mol. The van der Waals surface area contributed by atoms with Crippen molar-refractivity contribution in [1.82, 2.24) is 0 Å². The number of hydrogen-bond acceptors (Lipinski definition) is 1. The van der Waals surface area contributed by atoms with E-state index >= 15 is 0 Å². The summed E-state index contributed by atoms with van der Waals surface area (Å²) in [5, 5.41) is 0. The third kappa shape index (κ3) is 1.68. The zero-order valence-corrected chi connectivity index (χ0v) is 6.55. The maximum atomic E-state index is 5.60. The van der Waals surface area contributed by atoms with Gasteiger partial charge < -0.3 is 4.74 Å². The smallest absolute Gasteiger partial charge is 0.0576 e. The van der Waals surface area contributed by atoms with Crippen molar-refractivity contribution in [3.63, 3.8) is 0 Å². The second-order valence-corrected chi connectivity index (χ2v) is 3.21. The lowest BCUT2D eigenvalue weighted by Gasteiger charge is -2.30. The van der Waals surface area contributed by atoms with Crippen LogP contribution in [0.25, 0.3) is 0 Å². The van der Waals surface area contributed by atoms with E-state index in [4.69, 9.17) is 4.74 Å². The Balaban J connectivity index is 2.35. The van der Waals surface area contributed by atoms with E-state index in [0.717, 1.165) is 5.92 Å². The molecule has 0 spiro atoms. The molecule has 0 aliphatic carbocycles. The van der Waals surface area contributed by atoms with Gasteiger partial charge in [-0.3, -0.25) is 0 Å². The first-order valence-electron chi connectivity index (χ1n) is 3.85. The van der Waals surface area contributed by atoms with E-state index in [-0.39, 0.29) is 0 Å². The molecule has 0 saturated carbocycles. The van der Waals surface area contributed by atoms with Gasteiger partial charge in [0.2, 0.25) is 0 Å². The summed E-state index contributed by atoms with van der Waals surface area (Å²) in [7, 11) is 0. The third-order valence-electron chi connectivity index (χ3n) is 2.28. The van der Waals surface area contributed by atoms with Gasteiger partial charge in [-0.2, -0.15) is 0 Å². The Hall–Kier alpha value is -0.0400. The van der Waals surface area contributed by atoms with Crippen molar-refractivity contribution in [2.45, 2.75) is 45.8 Å². The van der Waals surface area contributed by atoms with Gasteiger partial charge in [0.25, 0.3) is 0 Å². The highest BCUT2D eigenvalue weighted by molar-refractivity contribution is 4.70. The molecule has 0 aromatic heterocycles. The molecule has 1 fully saturated rings. The quantitative estimate of drug-likeness (QED) is 0.486. The summed E-state index contributed by atoms with van der Waals surface area (Å²) in [6, 6.07) is 0. The fourth-order valence-electron chi connectivity index (χ4n) is 1.30. The van der Waals surface area contributed by atoms with E-state index in [0.29, 0.717) is 12.2 Å². The molecule has 1 nitrogen and oxygen atoms in total. The molecule has 1 aliphatic rings. The summed E-state index contributed by atoms with van der Waals surface area (Å²) < 4.78 is 5.60. The van der Waals surface area contributed by atoms with Crippen LogP contribution < -0.4 is 0 Å². The highest BCUT2D eigenvalue weighted by Gasteiger charge is 2.21. The van der Waals surface area contributed by atoms with Crippen molar-refractivity contribution in [2.24, 2.45) is 5.92 Å². The number of ether oxygens (including phenoxy) is 1. The van der Waals surface area contributed by atoms with E-state index in [2.05, 4.69) is 20.8 Å². The van der Waals surface area contributed by atoms with Gasteiger partial charge >= 0.3 is 0 Å². The summed E-state index contributed by atoms with van der Waals surface area (Å²) >= 11 is 0. The number of rotatable bonds is 0. The van der Waals surface area contributed by atoms with Gasteiger partial charge in [-0.05, 0) is 32.6 Å². The van der Waals surface area contributed by atoms with E-state index in [9.17, 15) is 0 Å². The van der Waals surface area contributed by atoms with Crippen molar-refractivity contribution in [1.29, 1.82) is 0 Å². The maximum Gasteiger partial charge on any atom is 0.0576 e. The molecule has 1 rings (SSSR count). The second kappa shape index (κ2) is 2.70. The Morgan fingerprint density at radius 2 is 1.78 bits per heavy atom. The van der Waals surface area contributed by atoms with Crippen LogP contribution in [0.1, 0.15) is 33.6 Å². The second-order valence-electron chi connectivity index (χ2n) is 3.21. The van der Waals surface area contributed by atoms with Crippen LogP contribution in [0, 0.1) is 5.92 Å². The van der Waals surface area contributed by atoms with Gasteiger partial charge in [-0.15, -0.1) is 0 Å². The van der Waals surface area contributed by atoms with Crippen LogP contribution >= 0.6 is 0 Å². The fraction of sp³-hybridized carbons (Fsp3) is 1.00. The topological polar surface area (TPSA) is 9.23 Å². The molecule has 3 atom stereocenters. The number of hydrogen-bond donors (Lipinski definition) is 0. The molecule has 0 aromatic carbocycles. The first kappa shape index (κ1) is 7.07. The minimum absolute atomic E-state index is 0.480. The minimum atomic E-state index is 0.480. The van der Waals surface area contributed by atoms with Crippen molar-refractivity contribution in [2.75, 3.05) is 0 Å². The third-order valence-corrected chi connectivity index (χ3v) is 2.28. The summed E-state index contributed by atoms with van der Waals surface area (Å²) in [5.41, 5.74) is 0. The standard InChI is InChI=1S/C8H16O/c1-6-4-5-7(2)9-8(6)3/h6-8H,4-5H2,1-3H3/t6-,7-,8+/m1/s1. The fourth-order valence-corrected chi connectivity index (χ4v) is 1.30. The molecular formula is C8H16O. The van der Waals surface area contributed by atoms with Crippen LogP contribution in [-0.2, 0) is 4.74 Å². The van der Waals surface area contributed by atoms with Crippen molar-refractivity contribution in [3.8, 4) is 0 Å². The molecule has 1 saturated heterocycles. The maximum absolute atomic E-state index is 5.60. The Kier molecular flexibility index (Phi) is 2.12. The largest absolute Gasteiger partial charge is 0.375 e. The van der Waals surface area contributed by atoms with Gasteiger partial charge in [0.15, 0.2) is 0 Å². The van der Waals surface area contributed by atoms with Gasteiger partial charge in [0.1, 0.15) is 0 Å². The lowest BCUT2D eigenvalue weighted by Crippen LogP contribution is -2.29. The highest BCUT2D eigenvalue weighted by atomic mass is 16.5. The van der Waals surface area contributed by atoms with Gasteiger partial charge in [0.05, 0.1) is 12.2 Å². The Morgan fingerprint density at radius 1 is 1.11 bits per heavy atom. The molecule has 0 N–H and O–H groups in total. The lowest BCUT2D eigenvalue weighted by atomic mass is 9.95. The van der Waals surface area contributed by atoms with Crippen LogP contribution in [0.5, 0.6) is 0 Å². The van der Waals surface area contributed by atoms with Crippen molar-refractivity contribution < 1.29 is 4.74 Å². The van der Waals surface area contributed by atoms with E-state index in [1.165, 1.54) is 12.8 Å². The van der Waals surface area contributed by atoms with Crippen LogP contribution in [-0.4, -0.2) is 12.2 Å². The highest BCUT2D eigenvalue weighted by Crippen LogP contribution is 2.23. The molecule has 9 heavy (non-hydrogen) atoms. The normalized spacial score (nSPS) is 45.0. The lowest BCUT2D eigenvalue weighted by molar-refractivity contribution is -0.0594.